The van der Waals surface area contributed by atoms with Crippen LogP contribution in [0.4, 0.5) is 0 Å². The number of rotatable bonds is 7. The van der Waals surface area contributed by atoms with Gasteiger partial charge in [0.15, 0.2) is 0 Å². The number of aryl methyl sites for hydroxylation is 1. The molecule has 0 aliphatic carbocycles. The van der Waals surface area contributed by atoms with Crippen LogP contribution in [0.2, 0.25) is 0 Å². The molecule has 0 heterocycles. The van der Waals surface area contributed by atoms with Crippen LogP contribution in [-0.4, -0.2) is 34.0 Å². The van der Waals surface area contributed by atoms with E-state index in [1.165, 1.54) is 17.4 Å². The average molecular weight is 269 g/mol. The fourth-order valence-electron chi connectivity index (χ4n) is 2.25. The minimum Gasteiger partial charge on any atom is -0.319 e. The maximum absolute atomic E-state index is 11.2. The lowest BCUT2D eigenvalue weighted by atomic mass is 9.91. The van der Waals surface area contributed by atoms with Gasteiger partial charge in [0.1, 0.15) is 9.84 Å². The first kappa shape index (κ1) is 15.2. The van der Waals surface area contributed by atoms with Gasteiger partial charge >= 0.3 is 0 Å². The average Bonchev–Trinajstić information content (AvgIpc) is 2.27. The molecular formula is C14H23NO2S. The molecule has 0 saturated carbocycles. The third-order valence-corrected chi connectivity index (χ3v) is 4.18. The molecule has 0 bridgehead atoms. The maximum atomic E-state index is 11.2. The van der Waals surface area contributed by atoms with E-state index in [0.29, 0.717) is 5.92 Å². The molecule has 1 unspecified atom stereocenters. The van der Waals surface area contributed by atoms with Crippen LogP contribution in [0, 0.1) is 6.92 Å². The molecule has 0 saturated heterocycles. The lowest BCUT2D eigenvalue weighted by molar-refractivity contribution is 0.563. The Bertz CT molecular complexity index is 468. The Morgan fingerprint density at radius 1 is 1.28 bits per heavy atom. The molecule has 0 fully saturated rings. The van der Waals surface area contributed by atoms with Gasteiger partial charge in [-0.2, -0.15) is 0 Å². The summed E-state index contributed by atoms with van der Waals surface area (Å²) in [6.45, 7) is 2.99. The van der Waals surface area contributed by atoms with Crippen LogP contribution in [0.5, 0.6) is 0 Å². The Balaban J connectivity index is 2.69. The zero-order valence-electron chi connectivity index (χ0n) is 11.4. The molecule has 0 radical (unpaired) electrons. The molecule has 18 heavy (non-hydrogen) atoms. The first-order valence-corrected chi connectivity index (χ1v) is 8.38. The lowest BCUT2D eigenvalue weighted by Crippen LogP contribution is -2.19. The summed E-state index contributed by atoms with van der Waals surface area (Å²) in [5.74, 6) is 0.664. The molecule has 1 aromatic carbocycles. The van der Waals surface area contributed by atoms with E-state index in [0.717, 1.165) is 19.4 Å². The van der Waals surface area contributed by atoms with Crippen LogP contribution in [0.25, 0.3) is 0 Å². The lowest BCUT2D eigenvalue weighted by Gasteiger charge is -2.19. The van der Waals surface area contributed by atoms with Crippen molar-refractivity contribution in [1.29, 1.82) is 0 Å². The molecular weight excluding hydrogens is 246 g/mol. The Hall–Kier alpha value is -0.870. The predicted molar refractivity (Wildman–Crippen MR) is 76.8 cm³/mol. The van der Waals surface area contributed by atoms with Gasteiger partial charge in [0.05, 0.1) is 0 Å². The van der Waals surface area contributed by atoms with Crippen molar-refractivity contribution in [2.24, 2.45) is 0 Å². The highest BCUT2D eigenvalue weighted by Gasteiger charge is 2.13. The minimum atomic E-state index is -2.85. The van der Waals surface area contributed by atoms with Crippen LogP contribution >= 0.6 is 0 Å². The van der Waals surface area contributed by atoms with Crippen LogP contribution < -0.4 is 5.32 Å². The number of nitrogens with one attached hydrogen (secondary N) is 1. The Morgan fingerprint density at radius 2 is 1.94 bits per heavy atom. The van der Waals surface area contributed by atoms with E-state index < -0.39 is 9.84 Å². The van der Waals surface area contributed by atoms with Crippen molar-refractivity contribution < 1.29 is 8.42 Å². The van der Waals surface area contributed by atoms with Crippen molar-refractivity contribution in [3.63, 3.8) is 0 Å². The molecule has 0 aliphatic rings. The summed E-state index contributed by atoms with van der Waals surface area (Å²) < 4.78 is 22.3. The normalized spacial score (nSPS) is 13.5. The van der Waals surface area contributed by atoms with Crippen molar-refractivity contribution in [2.75, 3.05) is 25.6 Å². The zero-order chi connectivity index (χ0) is 13.6. The van der Waals surface area contributed by atoms with Crippen LogP contribution in [-0.2, 0) is 9.84 Å². The molecule has 1 aromatic rings. The highest BCUT2D eigenvalue weighted by atomic mass is 32.2. The Labute approximate surface area is 111 Å². The smallest absolute Gasteiger partial charge is 0.147 e. The molecule has 0 spiro atoms. The van der Waals surface area contributed by atoms with Gasteiger partial charge in [-0.15, -0.1) is 0 Å². The summed E-state index contributed by atoms with van der Waals surface area (Å²) in [5.41, 5.74) is 2.59. The van der Waals surface area contributed by atoms with Gasteiger partial charge in [-0.05, 0) is 43.9 Å². The number of hydrogen-bond acceptors (Lipinski definition) is 3. The molecule has 0 aromatic heterocycles. The standard InChI is InChI=1S/C14H23NO2S/c1-12-7-4-5-9-14(12)13(11-15-2)8-6-10-18(3,16)17/h4-5,7,9,13,15H,6,8,10-11H2,1-3H3. The summed E-state index contributed by atoms with van der Waals surface area (Å²) >= 11 is 0. The topological polar surface area (TPSA) is 46.2 Å². The highest BCUT2D eigenvalue weighted by Crippen LogP contribution is 2.23. The number of sulfone groups is 1. The summed E-state index contributed by atoms with van der Waals surface area (Å²) in [5, 5.41) is 3.19. The molecule has 4 heteroatoms. The molecule has 1 rings (SSSR count). The van der Waals surface area contributed by atoms with E-state index >= 15 is 0 Å². The van der Waals surface area contributed by atoms with Gasteiger partial charge in [-0.1, -0.05) is 24.3 Å². The second kappa shape index (κ2) is 6.90. The van der Waals surface area contributed by atoms with Gasteiger partial charge < -0.3 is 5.32 Å². The van der Waals surface area contributed by atoms with E-state index in [9.17, 15) is 8.42 Å². The number of hydrogen-bond donors (Lipinski definition) is 1. The Kier molecular flexibility index (Phi) is 5.82. The zero-order valence-corrected chi connectivity index (χ0v) is 12.3. The molecule has 1 N–H and O–H groups in total. The van der Waals surface area contributed by atoms with Crippen LogP contribution in [0.3, 0.4) is 0 Å². The maximum Gasteiger partial charge on any atom is 0.147 e. The third-order valence-electron chi connectivity index (χ3n) is 3.15. The summed E-state index contributed by atoms with van der Waals surface area (Å²) in [6.07, 6.45) is 2.92. The van der Waals surface area contributed by atoms with Gasteiger partial charge in [-0.3, -0.25) is 0 Å². The largest absolute Gasteiger partial charge is 0.319 e. The Morgan fingerprint density at radius 3 is 2.50 bits per heavy atom. The molecule has 0 aliphatic heterocycles. The van der Waals surface area contributed by atoms with Crippen molar-refractivity contribution in [2.45, 2.75) is 25.7 Å². The van der Waals surface area contributed by atoms with Crippen LogP contribution in [0.15, 0.2) is 24.3 Å². The third kappa shape index (κ3) is 5.19. The molecule has 0 amide bonds. The monoisotopic (exact) mass is 269 g/mol. The summed E-state index contributed by atoms with van der Waals surface area (Å²) in [6, 6.07) is 8.32. The van der Waals surface area contributed by atoms with E-state index in [1.54, 1.807) is 0 Å². The van der Waals surface area contributed by atoms with Gasteiger partial charge in [0.2, 0.25) is 0 Å². The summed E-state index contributed by atoms with van der Waals surface area (Å²) in [7, 11) is -0.915. The molecule has 3 nitrogen and oxygen atoms in total. The SMILES string of the molecule is CNCC(CCCS(C)(=O)=O)c1ccccc1C. The van der Waals surface area contributed by atoms with Gasteiger partial charge in [0, 0.05) is 18.6 Å². The molecule has 1 atom stereocenters. The van der Waals surface area contributed by atoms with E-state index in [2.05, 4.69) is 24.4 Å². The summed E-state index contributed by atoms with van der Waals surface area (Å²) in [4.78, 5) is 0. The van der Waals surface area contributed by atoms with E-state index in [4.69, 9.17) is 0 Å². The molecule has 102 valence electrons. The number of likely N-dealkylation sites (N-methyl/N-ethyl adjacent to an activating group) is 1. The van der Waals surface area contributed by atoms with Crippen molar-refractivity contribution in [3.05, 3.63) is 35.4 Å². The van der Waals surface area contributed by atoms with E-state index in [-0.39, 0.29) is 5.75 Å². The van der Waals surface area contributed by atoms with Crippen molar-refractivity contribution in [3.8, 4) is 0 Å². The minimum absolute atomic E-state index is 0.277. The second-order valence-electron chi connectivity index (χ2n) is 4.88. The van der Waals surface area contributed by atoms with E-state index in [1.807, 2.05) is 19.2 Å². The fraction of sp³-hybridized carbons (Fsp3) is 0.571. The first-order valence-electron chi connectivity index (χ1n) is 6.32. The van der Waals surface area contributed by atoms with Gasteiger partial charge in [0.25, 0.3) is 0 Å². The first-order chi connectivity index (χ1) is 8.44. The fourth-order valence-corrected chi connectivity index (χ4v) is 2.94. The van der Waals surface area contributed by atoms with Gasteiger partial charge in [-0.25, -0.2) is 8.42 Å². The second-order valence-corrected chi connectivity index (χ2v) is 7.14. The van der Waals surface area contributed by atoms with Crippen molar-refractivity contribution >= 4 is 9.84 Å². The number of benzene rings is 1. The predicted octanol–water partition coefficient (Wildman–Crippen LogP) is 2.12. The highest BCUT2D eigenvalue weighted by molar-refractivity contribution is 7.90. The van der Waals surface area contributed by atoms with Crippen LogP contribution in [0.1, 0.15) is 29.9 Å². The quantitative estimate of drug-likeness (QED) is 0.825. The van der Waals surface area contributed by atoms with Crippen molar-refractivity contribution in [1.82, 2.24) is 5.32 Å².